The van der Waals surface area contributed by atoms with Gasteiger partial charge in [0.15, 0.2) is 0 Å². The summed E-state index contributed by atoms with van der Waals surface area (Å²) >= 11 is 0. The third-order valence-electron chi connectivity index (χ3n) is 7.07. The molecule has 1 aliphatic carbocycles. The molecule has 1 aromatic carbocycles. The van der Waals surface area contributed by atoms with Gasteiger partial charge < -0.3 is 9.84 Å². The highest BCUT2D eigenvalue weighted by molar-refractivity contribution is 5.82. The molecule has 0 fully saturated rings. The Balaban J connectivity index is 1.37. The summed E-state index contributed by atoms with van der Waals surface area (Å²) in [5, 5.41) is 10.7. The van der Waals surface area contributed by atoms with Gasteiger partial charge in [-0.1, -0.05) is 77.6 Å². The Bertz CT molecular complexity index is 714. The average molecular weight is 413 g/mol. The maximum atomic E-state index is 10.7. The number of aromatic hydroxyl groups is 1. The number of phenols is 1. The molecule has 2 heteroatoms. The van der Waals surface area contributed by atoms with Crippen LogP contribution in [0.5, 0.6) is 11.5 Å². The first-order chi connectivity index (χ1) is 14.5. The Morgan fingerprint density at radius 2 is 1.43 bits per heavy atom. The van der Waals surface area contributed by atoms with Crippen molar-refractivity contribution in [2.45, 2.75) is 129 Å². The Hall–Kier alpha value is -1.44. The maximum absolute atomic E-state index is 10.7. The number of aryl methyl sites for hydroxylation is 1. The number of rotatable bonds is 13. The van der Waals surface area contributed by atoms with E-state index in [4.69, 9.17) is 4.74 Å². The number of unbranched alkanes of at least 4 members (excludes halogenated alkanes) is 11. The summed E-state index contributed by atoms with van der Waals surface area (Å²) in [5.41, 5.74) is 4.69. The summed E-state index contributed by atoms with van der Waals surface area (Å²) in [6.07, 6.45) is 20.9. The zero-order chi connectivity index (χ0) is 21.4. The molecule has 0 unspecified atom stereocenters. The highest BCUT2D eigenvalue weighted by atomic mass is 16.5. The summed E-state index contributed by atoms with van der Waals surface area (Å²) in [7, 11) is 0. The van der Waals surface area contributed by atoms with Crippen molar-refractivity contribution in [1.29, 1.82) is 0 Å². The zero-order valence-corrected chi connectivity index (χ0v) is 19.8. The van der Waals surface area contributed by atoms with Crippen molar-refractivity contribution in [3.8, 4) is 11.5 Å². The molecular formula is C28H44O2. The minimum Gasteiger partial charge on any atom is -0.507 e. The Kier molecular flexibility index (Phi) is 8.72. The largest absolute Gasteiger partial charge is 0.507 e. The number of hydrogen-bond acceptors (Lipinski definition) is 2. The molecule has 2 nitrogen and oxygen atoms in total. The third kappa shape index (κ3) is 6.05. The highest BCUT2D eigenvalue weighted by Crippen LogP contribution is 2.51. The van der Waals surface area contributed by atoms with Gasteiger partial charge in [-0.3, -0.25) is 0 Å². The molecule has 1 aliphatic heterocycles. The fourth-order valence-corrected chi connectivity index (χ4v) is 5.37. The lowest BCUT2D eigenvalue weighted by Crippen LogP contribution is -2.33. The molecule has 0 amide bonds. The average Bonchev–Trinajstić information content (AvgIpc) is 3.19. The minimum atomic E-state index is -0.236. The fraction of sp³-hybridized carbons (Fsp3) is 0.714. The van der Waals surface area contributed by atoms with E-state index >= 15 is 0 Å². The number of allylic oxidation sites excluding steroid dienone is 1. The van der Waals surface area contributed by atoms with Crippen LogP contribution in [0.3, 0.4) is 0 Å². The molecule has 0 saturated carbocycles. The second-order valence-electron chi connectivity index (χ2n) is 10.1. The Morgan fingerprint density at radius 3 is 2.07 bits per heavy atom. The molecule has 168 valence electrons. The van der Waals surface area contributed by atoms with Crippen LogP contribution in [0.15, 0.2) is 17.7 Å². The van der Waals surface area contributed by atoms with Crippen molar-refractivity contribution in [2.24, 2.45) is 0 Å². The molecule has 3 rings (SSSR count). The predicted octanol–water partition coefficient (Wildman–Crippen LogP) is 8.74. The van der Waals surface area contributed by atoms with E-state index in [0.29, 0.717) is 5.75 Å². The minimum absolute atomic E-state index is 0.236. The van der Waals surface area contributed by atoms with Crippen molar-refractivity contribution in [1.82, 2.24) is 0 Å². The second-order valence-corrected chi connectivity index (χ2v) is 10.1. The van der Waals surface area contributed by atoms with Crippen molar-refractivity contribution < 1.29 is 9.84 Å². The number of ether oxygens (including phenoxy) is 1. The monoisotopic (exact) mass is 412 g/mol. The first-order valence-electron chi connectivity index (χ1n) is 12.8. The van der Waals surface area contributed by atoms with E-state index in [2.05, 4.69) is 26.8 Å². The van der Waals surface area contributed by atoms with Gasteiger partial charge in [-0.25, -0.2) is 0 Å². The molecule has 1 aromatic rings. The van der Waals surface area contributed by atoms with Gasteiger partial charge in [0.05, 0.1) is 5.56 Å². The third-order valence-corrected chi connectivity index (χ3v) is 7.07. The lowest BCUT2D eigenvalue weighted by atomic mass is 9.87. The molecule has 1 N–H and O–H groups in total. The standard InChI is InChI=1S/C28H44O2/c1-4-5-6-7-8-9-10-11-12-13-14-15-17-22-20-25(29)27-23-18-16-19-24(23)28(2,3)30-26(27)21-22/h20-21,29H,4-19H2,1-3H3. The van der Waals surface area contributed by atoms with Crippen LogP contribution in [-0.4, -0.2) is 10.7 Å². The predicted molar refractivity (Wildman–Crippen MR) is 128 cm³/mol. The number of benzene rings is 1. The van der Waals surface area contributed by atoms with Gasteiger partial charge in [0.1, 0.15) is 17.1 Å². The van der Waals surface area contributed by atoms with Crippen molar-refractivity contribution in [2.75, 3.05) is 0 Å². The van der Waals surface area contributed by atoms with Crippen molar-refractivity contribution in [3.63, 3.8) is 0 Å². The molecular weight excluding hydrogens is 368 g/mol. The highest BCUT2D eigenvalue weighted by Gasteiger charge is 2.38. The van der Waals surface area contributed by atoms with Gasteiger partial charge in [-0.15, -0.1) is 0 Å². The number of phenolic OH excluding ortho intramolecular Hbond substituents is 1. The lowest BCUT2D eigenvalue weighted by Gasteiger charge is -2.35. The first-order valence-corrected chi connectivity index (χ1v) is 12.8. The van der Waals surface area contributed by atoms with E-state index in [0.717, 1.165) is 30.6 Å². The van der Waals surface area contributed by atoms with E-state index in [1.807, 2.05) is 6.07 Å². The maximum Gasteiger partial charge on any atom is 0.132 e. The number of fused-ring (bicyclic) bond motifs is 2. The topological polar surface area (TPSA) is 29.5 Å². The van der Waals surface area contributed by atoms with Crippen molar-refractivity contribution in [3.05, 3.63) is 28.8 Å². The van der Waals surface area contributed by atoms with Gasteiger partial charge in [-0.2, -0.15) is 0 Å². The van der Waals surface area contributed by atoms with E-state index < -0.39 is 0 Å². The number of hydrogen-bond donors (Lipinski definition) is 1. The van der Waals surface area contributed by atoms with Crippen LogP contribution in [0.25, 0.3) is 5.57 Å². The van der Waals surface area contributed by atoms with E-state index in [-0.39, 0.29) is 5.60 Å². The zero-order valence-electron chi connectivity index (χ0n) is 19.8. The van der Waals surface area contributed by atoms with E-state index in [9.17, 15) is 5.11 Å². The molecule has 30 heavy (non-hydrogen) atoms. The van der Waals surface area contributed by atoms with Gasteiger partial charge >= 0.3 is 0 Å². The Morgan fingerprint density at radius 1 is 0.833 bits per heavy atom. The van der Waals surface area contributed by atoms with Crippen LogP contribution in [0.1, 0.15) is 128 Å². The van der Waals surface area contributed by atoms with Gasteiger partial charge in [0.2, 0.25) is 0 Å². The molecule has 0 aromatic heterocycles. The lowest BCUT2D eigenvalue weighted by molar-refractivity contribution is 0.141. The summed E-state index contributed by atoms with van der Waals surface area (Å²) in [6.45, 7) is 6.63. The van der Waals surface area contributed by atoms with Crippen LogP contribution in [0, 0.1) is 0 Å². The first kappa shape index (κ1) is 23.2. The van der Waals surface area contributed by atoms with Gasteiger partial charge in [0, 0.05) is 0 Å². The Labute approximate surface area is 185 Å². The summed E-state index contributed by atoms with van der Waals surface area (Å²) in [6, 6.07) is 4.18. The van der Waals surface area contributed by atoms with Gasteiger partial charge in [0.25, 0.3) is 0 Å². The molecule has 1 heterocycles. The van der Waals surface area contributed by atoms with Gasteiger partial charge in [-0.05, 0) is 74.8 Å². The van der Waals surface area contributed by atoms with Crippen LogP contribution in [0.2, 0.25) is 0 Å². The SMILES string of the molecule is CCCCCCCCCCCCCCc1cc(O)c2c(c1)OC(C)(C)C1=C2CCC1. The van der Waals surface area contributed by atoms with Crippen LogP contribution < -0.4 is 4.74 Å². The fourth-order valence-electron chi connectivity index (χ4n) is 5.37. The molecule has 0 spiro atoms. The van der Waals surface area contributed by atoms with E-state index in [1.165, 1.54) is 100 Å². The summed E-state index contributed by atoms with van der Waals surface area (Å²) in [5.74, 6) is 1.32. The van der Waals surface area contributed by atoms with Crippen LogP contribution in [-0.2, 0) is 6.42 Å². The quantitative estimate of drug-likeness (QED) is 0.328. The van der Waals surface area contributed by atoms with Crippen molar-refractivity contribution >= 4 is 5.57 Å². The summed E-state index contributed by atoms with van der Waals surface area (Å²) < 4.78 is 6.35. The normalized spacial score (nSPS) is 17.0. The molecule has 0 radical (unpaired) electrons. The molecule has 0 bridgehead atoms. The smallest absolute Gasteiger partial charge is 0.132 e. The van der Waals surface area contributed by atoms with Crippen LogP contribution in [0.4, 0.5) is 0 Å². The van der Waals surface area contributed by atoms with E-state index in [1.54, 1.807) is 0 Å². The second kappa shape index (κ2) is 11.3. The molecule has 2 aliphatic rings. The summed E-state index contributed by atoms with van der Waals surface area (Å²) in [4.78, 5) is 0. The molecule has 0 atom stereocenters. The molecule has 0 saturated heterocycles. The van der Waals surface area contributed by atoms with Crippen LogP contribution >= 0.6 is 0 Å².